The number of unbranched alkanes of at least 4 members (excludes halogenated alkanes) is 1. The molecule has 182 valence electrons. The fraction of sp³-hybridized carbons (Fsp3) is 0.519. The first kappa shape index (κ1) is 28.1. The monoisotopic (exact) mass is 455 g/mol. The number of rotatable bonds is 9. The van der Waals surface area contributed by atoms with Crippen LogP contribution in [0.15, 0.2) is 36.4 Å². The van der Waals surface area contributed by atoms with E-state index in [1.807, 2.05) is 26.8 Å². The number of nitrogens with two attached hydrogens (primary N) is 1. The number of allylic oxidation sites excluding steroid dienone is 4. The zero-order valence-corrected chi connectivity index (χ0v) is 20.8. The van der Waals surface area contributed by atoms with E-state index in [0.29, 0.717) is 31.1 Å². The molecule has 0 aliphatic heterocycles. The summed E-state index contributed by atoms with van der Waals surface area (Å²) in [5.41, 5.74) is 8.41. The Bertz CT molecular complexity index is 857. The minimum absolute atomic E-state index is 0.139. The number of carbonyl (C=O) groups excluding carboxylic acids is 1. The summed E-state index contributed by atoms with van der Waals surface area (Å²) in [6, 6.07) is 3.68. The third kappa shape index (κ3) is 10.1. The zero-order chi connectivity index (χ0) is 25.0. The number of carbonyl (C=O) groups is 1. The van der Waals surface area contributed by atoms with E-state index in [-0.39, 0.29) is 28.6 Å². The van der Waals surface area contributed by atoms with Crippen molar-refractivity contribution in [2.45, 2.75) is 78.6 Å². The molecule has 0 bridgehead atoms. The summed E-state index contributed by atoms with van der Waals surface area (Å²) >= 11 is 0. The van der Waals surface area contributed by atoms with E-state index < -0.39 is 0 Å². The highest BCUT2D eigenvalue weighted by Crippen LogP contribution is 2.36. The van der Waals surface area contributed by atoms with Crippen LogP contribution in [0.5, 0.6) is 5.75 Å². The highest BCUT2D eigenvalue weighted by Gasteiger charge is 2.21. The second kappa shape index (κ2) is 13.6. The molecule has 1 aliphatic carbocycles. The number of nitrogen functional groups attached to an aromatic ring is 1. The van der Waals surface area contributed by atoms with Crippen LogP contribution >= 0.6 is 0 Å². The van der Waals surface area contributed by atoms with Gasteiger partial charge in [0.2, 0.25) is 0 Å². The Labute approximate surface area is 198 Å². The highest BCUT2D eigenvalue weighted by atomic mass is 16.5. The summed E-state index contributed by atoms with van der Waals surface area (Å²) < 4.78 is 5.45. The van der Waals surface area contributed by atoms with E-state index in [4.69, 9.17) is 21.3 Å². The molecule has 1 aliphatic rings. The molecule has 0 amide bonds. The van der Waals surface area contributed by atoms with Gasteiger partial charge in [0.25, 0.3) is 0 Å². The highest BCUT2D eigenvalue weighted by molar-refractivity contribution is 6.48. The molecular formula is C27H41N3O3. The number of phenols is 1. The van der Waals surface area contributed by atoms with Crippen LogP contribution in [0.25, 0.3) is 0 Å². The van der Waals surface area contributed by atoms with Crippen molar-refractivity contribution in [2.24, 2.45) is 5.92 Å². The van der Waals surface area contributed by atoms with Gasteiger partial charge in [-0.1, -0.05) is 72.1 Å². The molecule has 1 aromatic rings. The maximum atomic E-state index is 12.0. The lowest BCUT2D eigenvalue weighted by Gasteiger charge is -2.22. The zero-order valence-electron chi connectivity index (χ0n) is 20.8. The molecule has 0 saturated heterocycles. The second-order valence-electron chi connectivity index (χ2n) is 9.48. The summed E-state index contributed by atoms with van der Waals surface area (Å²) in [7, 11) is 0. The summed E-state index contributed by atoms with van der Waals surface area (Å²) in [5.74, 6) is 0.431. The van der Waals surface area contributed by atoms with Gasteiger partial charge in [-0.15, -0.1) is 0 Å². The van der Waals surface area contributed by atoms with Crippen LogP contribution in [0.3, 0.4) is 0 Å². The maximum Gasteiger partial charge on any atom is 0.306 e. The Morgan fingerprint density at radius 3 is 2.21 bits per heavy atom. The lowest BCUT2D eigenvalue weighted by atomic mass is 9.84. The summed E-state index contributed by atoms with van der Waals surface area (Å²) in [6.45, 7) is 10.9. The van der Waals surface area contributed by atoms with Gasteiger partial charge in [-0.25, -0.2) is 0 Å². The van der Waals surface area contributed by atoms with Crippen molar-refractivity contribution in [3.05, 3.63) is 47.6 Å². The molecule has 0 fully saturated rings. The molecular weight excluding hydrogens is 414 g/mol. The molecule has 33 heavy (non-hydrogen) atoms. The Balaban J connectivity index is 0.000000568. The van der Waals surface area contributed by atoms with Gasteiger partial charge in [0.15, 0.2) is 0 Å². The largest absolute Gasteiger partial charge is 0.505 e. The molecule has 6 nitrogen and oxygen atoms in total. The van der Waals surface area contributed by atoms with Crippen molar-refractivity contribution in [3.63, 3.8) is 0 Å². The van der Waals surface area contributed by atoms with E-state index in [9.17, 15) is 9.90 Å². The van der Waals surface area contributed by atoms with Crippen LogP contribution < -0.4 is 5.73 Å². The van der Waals surface area contributed by atoms with Gasteiger partial charge in [-0.2, -0.15) is 0 Å². The molecule has 0 saturated carbocycles. The van der Waals surface area contributed by atoms with E-state index in [2.05, 4.69) is 13.8 Å². The van der Waals surface area contributed by atoms with Gasteiger partial charge < -0.3 is 15.6 Å². The normalized spacial score (nSPS) is 14.0. The van der Waals surface area contributed by atoms with Gasteiger partial charge >= 0.3 is 5.97 Å². The second-order valence-corrected chi connectivity index (χ2v) is 9.48. The SMILES string of the molecule is CCCCC(CC)COC(=O)CCc1cc(N)c(O)c(C(C)(C)C)c1.N=C1C=CC=CC1=N. The number of aryl methyl sites for hydroxylation is 1. The number of hydrogen-bond donors (Lipinski definition) is 4. The fourth-order valence-corrected chi connectivity index (χ4v) is 3.35. The first-order valence-corrected chi connectivity index (χ1v) is 11.8. The molecule has 1 atom stereocenters. The van der Waals surface area contributed by atoms with Gasteiger partial charge in [-0.05, 0) is 48.0 Å². The number of anilines is 1. The minimum Gasteiger partial charge on any atom is -0.505 e. The van der Waals surface area contributed by atoms with Gasteiger partial charge in [0.05, 0.1) is 23.7 Å². The summed E-state index contributed by atoms with van der Waals surface area (Å²) in [6.07, 6.45) is 12.1. The van der Waals surface area contributed by atoms with Crippen molar-refractivity contribution >= 4 is 23.1 Å². The van der Waals surface area contributed by atoms with Crippen molar-refractivity contribution in [2.75, 3.05) is 12.3 Å². The standard InChI is InChI=1S/C21H35NO3.C6H6N2/c1-6-8-9-15(7-2)14-25-19(23)11-10-16-12-17(21(3,4)5)20(24)18(22)13-16;7-5-3-1-2-4-6(5)8/h12-13,15,24H,6-11,14,22H2,1-5H3;1-4,7-8H. The number of aromatic hydroxyl groups is 1. The van der Waals surface area contributed by atoms with E-state index in [0.717, 1.165) is 24.0 Å². The van der Waals surface area contributed by atoms with Crippen LogP contribution in [0, 0.1) is 16.7 Å². The Kier molecular flexibility index (Phi) is 11.6. The Morgan fingerprint density at radius 2 is 1.73 bits per heavy atom. The van der Waals surface area contributed by atoms with Crippen LogP contribution in [0.1, 0.15) is 77.8 Å². The molecule has 5 N–H and O–H groups in total. The quantitative estimate of drug-likeness (QED) is 0.155. The fourth-order valence-electron chi connectivity index (χ4n) is 3.35. The van der Waals surface area contributed by atoms with Gasteiger partial charge in [0.1, 0.15) is 5.75 Å². The van der Waals surface area contributed by atoms with Crippen molar-refractivity contribution in [3.8, 4) is 5.75 Å². The topological polar surface area (TPSA) is 120 Å². The molecule has 1 unspecified atom stereocenters. The molecule has 0 aromatic heterocycles. The average molecular weight is 456 g/mol. The average Bonchev–Trinajstić information content (AvgIpc) is 2.76. The van der Waals surface area contributed by atoms with E-state index in [1.54, 1.807) is 30.4 Å². The number of benzene rings is 1. The van der Waals surface area contributed by atoms with Crippen LogP contribution in [-0.4, -0.2) is 29.1 Å². The lowest BCUT2D eigenvalue weighted by Crippen LogP contribution is -2.15. The minimum atomic E-state index is -0.206. The predicted molar refractivity (Wildman–Crippen MR) is 138 cm³/mol. The van der Waals surface area contributed by atoms with Crippen molar-refractivity contribution in [1.82, 2.24) is 0 Å². The maximum absolute atomic E-state index is 12.0. The number of nitrogens with one attached hydrogen (secondary N) is 2. The lowest BCUT2D eigenvalue weighted by molar-refractivity contribution is -0.145. The predicted octanol–water partition coefficient (Wildman–Crippen LogP) is 6.12. The number of phenolic OH excluding ortho intramolecular Hbond substituents is 1. The number of hydrogen-bond acceptors (Lipinski definition) is 6. The van der Waals surface area contributed by atoms with Crippen LogP contribution in [0.2, 0.25) is 0 Å². The molecule has 0 spiro atoms. The first-order chi connectivity index (χ1) is 15.5. The Hall–Kier alpha value is -2.89. The van der Waals surface area contributed by atoms with E-state index in [1.165, 1.54) is 12.8 Å². The molecule has 6 heteroatoms. The van der Waals surface area contributed by atoms with Crippen LogP contribution in [-0.2, 0) is 21.4 Å². The number of ether oxygens (including phenoxy) is 1. The molecule has 1 aromatic carbocycles. The van der Waals surface area contributed by atoms with Crippen molar-refractivity contribution in [1.29, 1.82) is 10.8 Å². The third-order valence-electron chi connectivity index (χ3n) is 5.58. The smallest absolute Gasteiger partial charge is 0.306 e. The summed E-state index contributed by atoms with van der Waals surface area (Å²) in [5, 5.41) is 24.2. The third-order valence-corrected chi connectivity index (χ3v) is 5.58. The van der Waals surface area contributed by atoms with Crippen LogP contribution in [0.4, 0.5) is 5.69 Å². The number of esters is 1. The molecule has 0 radical (unpaired) electrons. The van der Waals surface area contributed by atoms with Gasteiger partial charge in [0, 0.05) is 12.0 Å². The molecule has 2 rings (SSSR count). The first-order valence-electron chi connectivity index (χ1n) is 11.8. The Morgan fingerprint density at radius 1 is 1.12 bits per heavy atom. The van der Waals surface area contributed by atoms with E-state index >= 15 is 0 Å². The molecule has 0 heterocycles. The van der Waals surface area contributed by atoms with Gasteiger partial charge in [-0.3, -0.25) is 15.6 Å². The summed E-state index contributed by atoms with van der Waals surface area (Å²) in [4.78, 5) is 12.0. The van der Waals surface area contributed by atoms with Crippen molar-refractivity contribution < 1.29 is 14.6 Å².